The summed E-state index contributed by atoms with van der Waals surface area (Å²) >= 11 is 0. The lowest BCUT2D eigenvalue weighted by Gasteiger charge is -2.31. The second kappa shape index (κ2) is 16.0. The molecule has 1 aliphatic rings. The molecule has 0 bridgehead atoms. The molecule has 0 saturated heterocycles. The highest BCUT2D eigenvalue weighted by Crippen LogP contribution is 2.43. The summed E-state index contributed by atoms with van der Waals surface area (Å²) in [7, 11) is 6.24. The van der Waals surface area contributed by atoms with Crippen molar-refractivity contribution in [2.45, 2.75) is 31.0 Å². The van der Waals surface area contributed by atoms with Crippen LogP contribution in [0.4, 0.5) is 0 Å². The van der Waals surface area contributed by atoms with E-state index in [-0.39, 0.29) is 25.5 Å². The topological polar surface area (TPSA) is 129 Å². The number of aliphatic hydroxyl groups excluding tert-OH is 1. The van der Waals surface area contributed by atoms with Gasteiger partial charge in [-0.15, -0.1) is 0 Å². The molecule has 1 heterocycles. The van der Waals surface area contributed by atoms with Gasteiger partial charge in [-0.25, -0.2) is 10.4 Å². The first kappa shape index (κ1) is 34.1. The molecule has 0 aliphatic carbocycles. The fraction of sp³-hybridized carbons (Fsp3) is 0.297. The first-order valence-electron chi connectivity index (χ1n) is 15.5. The maximum atomic E-state index is 14.5. The number of ether oxygens (including phenoxy) is 6. The SMILES string of the molecule is COc1cccc([C@@H]2OC(c3ccc(OCCCO)cc3)=N[C@]2(Cc2ccccc2)C(=O)NNCc2cc(OC)c(OC)c(OC)c2)c1. The number of aliphatic hydroxyl groups is 1. The minimum atomic E-state index is -1.42. The summed E-state index contributed by atoms with van der Waals surface area (Å²) in [6.45, 7) is 0.703. The van der Waals surface area contributed by atoms with Crippen molar-refractivity contribution in [2.75, 3.05) is 41.7 Å². The van der Waals surface area contributed by atoms with Crippen LogP contribution in [0.2, 0.25) is 0 Å². The lowest BCUT2D eigenvalue weighted by Crippen LogP contribution is -2.53. The van der Waals surface area contributed by atoms with Crippen LogP contribution in [0, 0.1) is 0 Å². The molecule has 0 unspecified atom stereocenters. The number of rotatable bonds is 16. The van der Waals surface area contributed by atoms with E-state index in [0.29, 0.717) is 53.2 Å². The number of hydrogen-bond acceptors (Lipinski definition) is 10. The highest BCUT2D eigenvalue weighted by Gasteiger charge is 2.53. The van der Waals surface area contributed by atoms with E-state index in [4.69, 9.17) is 38.5 Å². The van der Waals surface area contributed by atoms with Crippen molar-refractivity contribution in [1.82, 2.24) is 10.9 Å². The number of benzene rings is 4. The van der Waals surface area contributed by atoms with Gasteiger partial charge >= 0.3 is 0 Å². The van der Waals surface area contributed by atoms with Crippen molar-refractivity contribution < 1.29 is 38.3 Å². The van der Waals surface area contributed by atoms with Gasteiger partial charge in [-0.1, -0.05) is 42.5 Å². The summed E-state index contributed by atoms with van der Waals surface area (Å²) in [5, 5.41) is 9.09. The highest BCUT2D eigenvalue weighted by atomic mass is 16.5. The molecule has 3 N–H and O–H groups in total. The Bertz CT molecular complexity index is 1670. The second-order valence-electron chi connectivity index (χ2n) is 11.1. The number of amides is 1. The van der Waals surface area contributed by atoms with E-state index < -0.39 is 11.6 Å². The van der Waals surface area contributed by atoms with Gasteiger partial charge in [0.15, 0.2) is 23.1 Å². The lowest BCUT2D eigenvalue weighted by atomic mass is 9.82. The Balaban J connectivity index is 1.50. The zero-order valence-corrected chi connectivity index (χ0v) is 27.5. The predicted molar refractivity (Wildman–Crippen MR) is 181 cm³/mol. The van der Waals surface area contributed by atoms with Gasteiger partial charge in [-0.3, -0.25) is 10.2 Å². The Morgan fingerprint density at radius 1 is 0.833 bits per heavy atom. The Morgan fingerprint density at radius 2 is 1.56 bits per heavy atom. The molecule has 1 amide bonds. The van der Waals surface area contributed by atoms with Crippen LogP contribution < -0.4 is 34.5 Å². The van der Waals surface area contributed by atoms with Crippen molar-refractivity contribution in [3.63, 3.8) is 0 Å². The molecule has 0 spiro atoms. The van der Waals surface area contributed by atoms with Crippen LogP contribution in [0.25, 0.3) is 0 Å². The molecular weight excluding hydrogens is 614 g/mol. The number of nitrogens with zero attached hydrogens (tertiary/aromatic N) is 1. The standard InChI is InChI=1S/C37H41N3O8/c1-43-30-13-8-12-28(22-30)34-37(23-25-10-6-5-7-11-25,39-35(48-34)27-14-16-29(17-15-27)47-19-9-18-41)36(42)40-38-24-26-20-31(44-2)33(46-4)32(21-26)45-3/h5-8,10-17,20-22,34,38,41H,9,18-19,23-24H2,1-4H3,(H,40,42)/t34-,37-/m0/s1. The van der Waals surface area contributed by atoms with Gasteiger partial charge in [-0.05, 0) is 65.2 Å². The Hall–Kier alpha value is -5.26. The molecule has 11 heteroatoms. The summed E-state index contributed by atoms with van der Waals surface area (Å²) in [4.78, 5) is 19.6. The largest absolute Gasteiger partial charge is 0.497 e. The molecule has 11 nitrogen and oxygen atoms in total. The summed E-state index contributed by atoms with van der Waals surface area (Å²) < 4.78 is 34.3. The monoisotopic (exact) mass is 655 g/mol. The van der Waals surface area contributed by atoms with E-state index in [1.165, 1.54) is 0 Å². The number of carbonyl (C=O) groups is 1. The maximum absolute atomic E-state index is 14.5. The lowest BCUT2D eigenvalue weighted by molar-refractivity contribution is -0.130. The van der Waals surface area contributed by atoms with E-state index in [9.17, 15) is 4.79 Å². The molecule has 48 heavy (non-hydrogen) atoms. The summed E-state index contributed by atoms with van der Waals surface area (Å²) in [6, 6.07) is 28.1. The summed E-state index contributed by atoms with van der Waals surface area (Å²) in [5.41, 5.74) is 7.69. The molecule has 4 aromatic carbocycles. The van der Waals surface area contributed by atoms with Crippen molar-refractivity contribution >= 4 is 11.8 Å². The van der Waals surface area contributed by atoms with Gasteiger partial charge in [-0.2, -0.15) is 0 Å². The molecule has 0 aromatic heterocycles. The zero-order valence-electron chi connectivity index (χ0n) is 27.5. The van der Waals surface area contributed by atoms with Crippen molar-refractivity contribution in [1.29, 1.82) is 0 Å². The molecule has 0 saturated carbocycles. The first-order valence-corrected chi connectivity index (χ1v) is 15.5. The predicted octanol–water partition coefficient (Wildman–Crippen LogP) is 4.80. The first-order chi connectivity index (χ1) is 23.4. The maximum Gasteiger partial charge on any atom is 0.266 e. The fourth-order valence-electron chi connectivity index (χ4n) is 5.57. The Morgan fingerprint density at radius 3 is 2.21 bits per heavy atom. The van der Waals surface area contributed by atoms with Crippen LogP contribution in [0.15, 0.2) is 96.0 Å². The molecular formula is C37H41N3O8. The molecule has 0 fully saturated rings. The summed E-state index contributed by atoms with van der Waals surface area (Å²) in [5.74, 6) is 2.70. The molecule has 2 atom stereocenters. The van der Waals surface area contributed by atoms with Crippen LogP contribution in [-0.2, 0) is 22.5 Å². The molecule has 0 radical (unpaired) electrons. The van der Waals surface area contributed by atoms with Crippen molar-refractivity contribution in [2.24, 2.45) is 4.99 Å². The highest BCUT2D eigenvalue weighted by molar-refractivity contribution is 6.01. The third kappa shape index (κ3) is 7.64. The normalized spacial score (nSPS) is 16.8. The smallest absolute Gasteiger partial charge is 0.266 e. The van der Waals surface area contributed by atoms with Crippen LogP contribution in [0.5, 0.6) is 28.7 Å². The average Bonchev–Trinajstić information content (AvgIpc) is 3.52. The van der Waals surface area contributed by atoms with Gasteiger partial charge in [0.05, 0.1) is 35.0 Å². The summed E-state index contributed by atoms with van der Waals surface area (Å²) in [6.07, 6.45) is -0.0182. The van der Waals surface area contributed by atoms with Gasteiger partial charge in [0.2, 0.25) is 11.6 Å². The number of aliphatic imine (C=N–C) groups is 1. The van der Waals surface area contributed by atoms with Gasteiger partial charge in [0, 0.05) is 31.6 Å². The molecule has 252 valence electrons. The van der Waals surface area contributed by atoms with Gasteiger partial charge in [0.1, 0.15) is 11.5 Å². The molecule has 4 aromatic rings. The minimum Gasteiger partial charge on any atom is -0.497 e. The quantitative estimate of drug-likeness (QED) is 0.115. The number of carbonyl (C=O) groups excluding carboxylic acids is 1. The number of nitrogens with one attached hydrogen (secondary N) is 2. The third-order valence-electron chi connectivity index (χ3n) is 7.96. The number of hydrogen-bond donors (Lipinski definition) is 3. The van der Waals surface area contributed by atoms with Gasteiger partial charge < -0.3 is 33.5 Å². The van der Waals surface area contributed by atoms with Crippen LogP contribution in [0.1, 0.15) is 34.8 Å². The molecule has 1 aliphatic heterocycles. The minimum absolute atomic E-state index is 0.0529. The van der Waals surface area contributed by atoms with E-state index in [0.717, 1.165) is 16.7 Å². The second-order valence-corrected chi connectivity index (χ2v) is 11.1. The third-order valence-corrected chi connectivity index (χ3v) is 7.96. The van der Waals surface area contributed by atoms with Crippen molar-refractivity contribution in [3.05, 3.63) is 113 Å². The van der Waals surface area contributed by atoms with Crippen LogP contribution in [-0.4, -0.2) is 64.1 Å². The fourth-order valence-corrected chi connectivity index (χ4v) is 5.57. The Labute approximate surface area is 280 Å². The zero-order chi connectivity index (χ0) is 33.9. The number of methoxy groups -OCH3 is 4. The van der Waals surface area contributed by atoms with E-state index in [1.54, 1.807) is 28.4 Å². The van der Waals surface area contributed by atoms with Crippen LogP contribution >= 0.6 is 0 Å². The van der Waals surface area contributed by atoms with Crippen molar-refractivity contribution in [3.8, 4) is 28.7 Å². The average molecular weight is 656 g/mol. The number of hydrazine groups is 1. The van der Waals surface area contributed by atoms with Gasteiger partial charge in [0.25, 0.3) is 5.91 Å². The van der Waals surface area contributed by atoms with E-state index >= 15 is 0 Å². The van der Waals surface area contributed by atoms with Crippen LogP contribution in [0.3, 0.4) is 0 Å². The Kier molecular flexibility index (Phi) is 11.4. The van der Waals surface area contributed by atoms with E-state index in [2.05, 4.69) is 10.9 Å². The van der Waals surface area contributed by atoms with E-state index in [1.807, 2.05) is 91.0 Å². The molecule has 5 rings (SSSR count).